The van der Waals surface area contributed by atoms with Crippen molar-refractivity contribution in [1.29, 1.82) is 0 Å². The molecule has 108 valence electrons. The van der Waals surface area contributed by atoms with Crippen molar-refractivity contribution in [2.45, 2.75) is 33.1 Å². The predicted molar refractivity (Wildman–Crippen MR) is 91.0 cm³/mol. The highest BCUT2D eigenvalue weighted by Crippen LogP contribution is 2.34. The number of hydrogen-bond acceptors (Lipinski definition) is 3. The van der Waals surface area contributed by atoms with E-state index in [1.54, 1.807) is 0 Å². The standard InChI is InChI=1S/C15H20IN3O/c1-4-9(3)11-8-10(6-7-12(11)20-5-2)14-13(16)15(17)19-18-14/h6-9H,4-5H2,1-3H3,(H3,17,18,19). The number of halogens is 1. The van der Waals surface area contributed by atoms with Crippen LogP contribution in [0.2, 0.25) is 0 Å². The summed E-state index contributed by atoms with van der Waals surface area (Å²) < 4.78 is 6.69. The normalized spacial score (nSPS) is 12.4. The van der Waals surface area contributed by atoms with Gasteiger partial charge >= 0.3 is 0 Å². The number of nitrogens with one attached hydrogen (secondary N) is 1. The van der Waals surface area contributed by atoms with Crippen molar-refractivity contribution in [3.05, 3.63) is 27.3 Å². The van der Waals surface area contributed by atoms with E-state index in [0.29, 0.717) is 18.3 Å². The Bertz CT molecular complexity index is 595. The number of H-pyrrole nitrogens is 1. The molecule has 3 N–H and O–H groups in total. The fraction of sp³-hybridized carbons (Fsp3) is 0.400. The summed E-state index contributed by atoms with van der Waals surface area (Å²) in [5.74, 6) is 1.96. The van der Waals surface area contributed by atoms with Crippen LogP contribution in [0.3, 0.4) is 0 Å². The van der Waals surface area contributed by atoms with Gasteiger partial charge in [-0.1, -0.05) is 13.8 Å². The number of rotatable bonds is 5. The van der Waals surface area contributed by atoms with Gasteiger partial charge in [0.15, 0.2) is 5.82 Å². The Kier molecular flexibility index (Phi) is 4.91. The maximum Gasteiger partial charge on any atom is 0.159 e. The average Bonchev–Trinajstić information content (AvgIpc) is 2.79. The smallest absolute Gasteiger partial charge is 0.159 e. The van der Waals surface area contributed by atoms with Crippen molar-refractivity contribution in [3.63, 3.8) is 0 Å². The van der Waals surface area contributed by atoms with E-state index in [4.69, 9.17) is 10.5 Å². The van der Waals surface area contributed by atoms with E-state index in [1.807, 2.05) is 19.1 Å². The van der Waals surface area contributed by atoms with Crippen LogP contribution in [0.1, 0.15) is 38.7 Å². The van der Waals surface area contributed by atoms with Crippen molar-refractivity contribution in [1.82, 2.24) is 10.2 Å². The number of ether oxygens (including phenoxy) is 1. The minimum Gasteiger partial charge on any atom is -0.494 e. The minimum absolute atomic E-state index is 0.453. The fourth-order valence-electron chi connectivity index (χ4n) is 2.13. The Labute approximate surface area is 133 Å². The second-order valence-corrected chi connectivity index (χ2v) is 5.87. The van der Waals surface area contributed by atoms with Crippen molar-refractivity contribution >= 4 is 28.4 Å². The molecule has 4 nitrogen and oxygen atoms in total. The molecule has 1 atom stereocenters. The quantitative estimate of drug-likeness (QED) is 0.760. The van der Waals surface area contributed by atoms with E-state index < -0.39 is 0 Å². The summed E-state index contributed by atoms with van der Waals surface area (Å²) in [6.07, 6.45) is 1.08. The average molecular weight is 385 g/mol. The van der Waals surface area contributed by atoms with Crippen LogP contribution in [0.25, 0.3) is 11.3 Å². The highest BCUT2D eigenvalue weighted by atomic mass is 127. The van der Waals surface area contributed by atoms with Crippen molar-refractivity contribution in [2.24, 2.45) is 0 Å². The Hall–Kier alpha value is -1.24. The first-order chi connectivity index (χ1) is 9.58. The van der Waals surface area contributed by atoms with Gasteiger partial charge in [0.2, 0.25) is 0 Å². The topological polar surface area (TPSA) is 63.9 Å². The number of nitrogens with zero attached hydrogens (tertiary/aromatic N) is 1. The summed E-state index contributed by atoms with van der Waals surface area (Å²) in [4.78, 5) is 0. The zero-order valence-electron chi connectivity index (χ0n) is 12.0. The molecule has 2 rings (SSSR count). The zero-order valence-corrected chi connectivity index (χ0v) is 14.2. The van der Waals surface area contributed by atoms with Gasteiger partial charge in [-0.25, -0.2) is 0 Å². The summed E-state index contributed by atoms with van der Waals surface area (Å²) in [6.45, 7) is 7.09. The summed E-state index contributed by atoms with van der Waals surface area (Å²) in [5, 5.41) is 7.06. The van der Waals surface area contributed by atoms with E-state index in [0.717, 1.165) is 27.0 Å². The molecule has 0 saturated carbocycles. The van der Waals surface area contributed by atoms with Gasteiger partial charge in [-0.3, -0.25) is 5.10 Å². The number of nitrogen functional groups attached to an aromatic ring is 1. The van der Waals surface area contributed by atoms with Gasteiger partial charge in [-0.05, 0) is 65.6 Å². The van der Waals surface area contributed by atoms with Crippen LogP contribution >= 0.6 is 22.6 Å². The molecular weight excluding hydrogens is 365 g/mol. The van der Waals surface area contributed by atoms with Crippen LogP contribution in [-0.4, -0.2) is 16.8 Å². The van der Waals surface area contributed by atoms with Crippen LogP contribution in [0.4, 0.5) is 5.82 Å². The van der Waals surface area contributed by atoms with E-state index in [-0.39, 0.29) is 0 Å². The lowest BCUT2D eigenvalue weighted by atomic mass is 9.95. The van der Waals surface area contributed by atoms with Gasteiger partial charge in [0.25, 0.3) is 0 Å². The molecule has 20 heavy (non-hydrogen) atoms. The van der Waals surface area contributed by atoms with E-state index >= 15 is 0 Å². The van der Waals surface area contributed by atoms with Crippen LogP contribution < -0.4 is 10.5 Å². The SMILES string of the molecule is CCOc1ccc(-c2[nH]nc(N)c2I)cc1C(C)CC. The van der Waals surface area contributed by atoms with Gasteiger partial charge in [0.1, 0.15) is 5.75 Å². The van der Waals surface area contributed by atoms with Crippen molar-refractivity contribution < 1.29 is 4.74 Å². The Morgan fingerprint density at radius 3 is 2.70 bits per heavy atom. The third kappa shape index (κ3) is 2.92. The van der Waals surface area contributed by atoms with E-state index in [9.17, 15) is 0 Å². The largest absolute Gasteiger partial charge is 0.494 e. The molecule has 1 heterocycles. The number of aromatic nitrogens is 2. The van der Waals surface area contributed by atoms with Crippen molar-refractivity contribution in [2.75, 3.05) is 12.3 Å². The second-order valence-electron chi connectivity index (χ2n) is 4.79. The van der Waals surface area contributed by atoms with E-state index in [1.165, 1.54) is 5.56 Å². The molecule has 1 aromatic heterocycles. The zero-order chi connectivity index (χ0) is 14.7. The lowest BCUT2D eigenvalue weighted by Crippen LogP contribution is -2.00. The molecule has 0 amide bonds. The molecule has 0 bridgehead atoms. The maximum absolute atomic E-state index is 5.81. The first-order valence-electron chi connectivity index (χ1n) is 6.84. The Balaban J connectivity index is 2.49. The van der Waals surface area contributed by atoms with Gasteiger partial charge in [0.05, 0.1) is 15.9 Å². The molecule has 1 unspecified atom stereocenters. The number of benzene rings is 1. The highest BCUT2D eigenvalue weighted by molar-refractivity contribution is 14.1. The molecule has 2 aromatic rings. The van der Waals surface area contributed by atoms with Crippen LogP contribution in [0, 0.1) is 3.57 Å². The highest BCUT2D eigenvalue weighted by Gasteiger charge is 2.15. The second kappa shape index (κ2) is 6.47. The fourth-order valence-corrected chi connectivity index (χ4v) is 2.68. The number of hydrogen-bond donors (Lipinski definition) is 2. The number of aromatic amines is 1. The van der Waals surface area contributed by atoms with Gasteiger partial charge in [-0.2, -0.15) is 5.10 Å². The maximum atomic E-state index is 5.81. The van der Waals surface area contributed by atoms with E-state index in [2.05, 4.69) is 52.7 Å². The Morgan fingerprint density at radius 1 is 1.40 bits per heavy atom. The monoisotopic (exact) mass is 385 g/mol. The molecule has 0 fully saturated rings. The minimum atomic E-state index is 0.453. The van der Waals surface area contributed by atoms with Gasteiger partial charge in [-0.15, -0.1) is 0 Å². The van der Waals surface area contributed by atoms with Gasteiger partial charge < -0.3 is 10.5 Å². The third-order valence-electron chi connectivity index (χ3n) is 3.47. The molecule has 0 spiro atoms. The molecule has 0 aliphatic heterocycles. The first-order valence-corrected chi connectivity index (χ1v) is 7.92. The summed E-state index contributed by atoms with van der Waals surface area (Å²) >= 11 is 2.22. The molecule has 5 heteroatoms. The summed E-state index contributed by atoms with van der Waals surface area (Å²) in [6, 6.07) is 6.26. The summed E-state index contributed by atoms with van der Waals surface area (Å²) in [5.41, 5.74) is 9.10. The lowest BCUT2D eigenvalue weighted by Gasteiger charge is -2.16. The van der Waals surface area contributed by atoms with Crippen LogP contribution in [-0.2, 0) is 0 Å². The number of nitrogens with two attached hydrogens (primary N) is 1. The first kappa shape index (κ1) is 15.2. The van der Waals surface area contributed by atoms with Crippen LogP contribution in [0.15, 0.2) is 18.2 Å². The van der Waals surface area contributed by atoms with Gasteiger partial charge in [0, 0.05) is 5.56 Å². The molecule has 1 aromatic carbocycles. The predicted octanol–water partition coefficient (Wildman–Crippen LogP) is 4.18. The lowest BCUT2D eigenvalue weighted by molar-refractivity contribution is 0.334. The number of anilines is 1. The molecule has 0 aliphatic carbocycles. The van der Waals surface area contributed by atoms with Crippen LogP contribution in [0.5, 0.6) is 5.75 Å². The molecular formula is C15H20IN3O. The Morgan fingerprint density at radius 2 is 2.15 bits per heavy atom. The molecule has 0 saturated heterocycles. The molecule has 0 aliphatic rings. The van der Waals surface area contributed by atoms with Crippen molar-refractivity contribution in [3.8, 4) is 17.0 Å². The summed E-state index contributed by atoms with van der Waals surface area (Å²) in [7, 11) is 0. The molecule has 0 radical (unpaired) electrons. The third-order valence-corrected chi connectivity index (χ3v) is 4.57.